The van der Waals surface area contributed by atoms with Crippen molar-refractivity contribution >= 4 is 28.2 Å². The van der Waals surface area contributed by atoms with Gasteiger partial charge in [0.1, 0.15) is 5.60 Å². The maximum Gasteiger partial charge on any atom is 0.410 e. The van der Waals surface area contributed by atoms with Gasteiger partial charge in [-0.15, -0.1) is 11.3 Å². The molecule has 1 amide bonds. The van der Waals surface area contributed by atoms with Crippen LogP contribution in [0.1, 0.15) is 33.6 Å². The number of hydrogen-bond acceptors (Lipinski definition) is 5. The van der Waals surface area contributed by atoms with E-state index in [0.29, 0.717) is 17.4 Å². The highest BCUT2D eigenvalue weighted by atomic mass is 32.2. The van der Waals surface area contributed by atoms with Crippen LogP contribution in [0.2, 0.25) is 0 Å². The number of likely N-dealkylation sites (tertiary alicyclic amines) is 1. The Kier molecular flexibility index (Phi) is 4.80. The van der Waals surface area contributed by atoms with Crippen LogP contribution in [0.3, 0.4) is 0 Å². The van der Waals surface area contributed by atoms with Gasteiger partial charge >= 0.3 is 6.09 Å². The molecular formula is C13H20N2O3S2. The average Bonchev–Trinajstić information content (AvgIpc) is 2.90. The first-order chi connectivity index (χ1) is 9.37. The van der Waals surface area contributed by atoms with Gasteiger partial charge in [0.05, 0.1) is 16.0 Å². The monoisotopic (exact) mass is 316 g/mol. The Balaban J connectivity index is 1.98. The zero-order chi connectivity index (χ0) is 14.8. The van der Waals surface area contributed by atoms with Gasteiger partial charge in [-0.1, -0.05) is 0 Å². The largest absolute Gasteiger partial charge is 0.444 e. The molecule has 1 aromatic heterocycles. The Morgan fingerprint density at radius 1 is 1.55 bits per heavy atom. The molecule has 1 aliphatic heterocycles. The highest BCUT2D eigenvalue weighted by Gasteiger charge is 2.31. The molecule has 7 heteroatoms. The number of carbonyl (C=O) groups is 1. The highest BCUT2D eigenvalue weighted by Crippen LogP contribution is 2.23. The molecule has 5 nitrogen and oxygen atoms in total. The van der Waals surface area contributed by atoms with Gasteiger partial charge in [-0.25, -0.2) is 9.78 Å². The number of carbonyl (C=O) groups excluding carboxylic acids is 1. The lowest BCUT2D eigenvalue weighted by molar-refractivity contribution is 0.0219. The minimum absolute atomic E-state index is 0.0533. The quantitative estimate of drug-likeness (QED) is 0.841. The van der Waals surface area contributed by atoms with E-state index in [0.717, 1.165) is 12.8 Å². The van der Waals surface area contributed by atoms with Crippen molar-refractivity contribution in [1.29, 1.82) is 0 Å². The van der Waals surface area contributed by atoms with Crippen molar-refractivity contribution in [2.75, 3.05) is 13.1 Å². The van der Waals surface area contributed by atoms with E-state index in [1.807, 2.05) is 26.2 Å². The van der Waals surface area contributed by atoms with Crippen LogP contribution in [0, 0.1) is 0 Å². The number of rotatable bonds is 2. The predicted octanol–water partition coefficient (Wildman–Crippen LogP) is 2.65. The number of thiazole rings is 1. The molecule has 0 saturated carbocycles. The zero-order valence-electron chi connectivity index (χ0n) is 12.0. The fraction of sp³-hybridized carbons (Fsp3) is 0.692. The summed E-state index contributed by atoms with van der Waals surface area (Å²) in [5, 5.41) is 1.77. The van der Waals surface area contributed by atoms with Gasteiger partial charge in [0.25, 0.3) is 0 Å². The Morgan fingerprint density at radius 3 is 2.90 bits per heavy atom. The maximum absolute atomic E-state index is 12.4. The lowest BCUT2D eigenvalue weighted by Crippen LogP contribution is -2.45. The molecule has 112 valence electrons. The van der Waals surface area contributed by atoms with Gasteiger partial charge in [-0.2, -0.15) is 0 Å². The number of nitrogens with zero attached hydrogens (tertiary/aromatic N) is 2. The van der Waals surface area contributed by atoms with Crippen molar-refractivity contribution < 1.29 is 13.7 Å². The fourth-order valence-electron chi connectivity index (χ4n) is 2.06. The molecule has 1 aromatic rings. The van der Waals surface area contributed by atoms with E-state index in [9.17, 15) is 9.00 Å². The first kappa shape index (κ1) is 15.4. The van der Waals surface area contributed by atoms with Crippen molar-refractivity contribution in [3.05, 3.63) is 11.6 Å². The van der Waals surface area contributed by atoms with Crippen LogP contribution in [-0.2, 0) is 15.5 Å². The molecule has 0 unspecified atom stereocenters. The number of piperidine rings is 1. The van der Waals surface area contributed by atoms with Crippen molar-refractivity contribution in [2.45, 2.75) is 48.8 Å². The lowest BCUT2D eigenvalue weighted by Gasteiger charge is -2.33. The van der Waals surface area contributed by atoms with Crippen LogP contribution in [-0.4, -0.2) is 44.1 Å². The van der Waals surface area contributed by atoms with Gasteiger partial charge < -0.3 is 9.64 Å². The molecule has 0 aliphatic carbocycles. The molecule has 2 atom stereocenters. The van der Waals surface area contributed by atoms with Crippen LogP contribution in [0.15, 0.2) is 15.9 Å². The summed E-state index contributed by atoms with van der Waals surface area (Å²) in [4.78, 5) is 17.8. The molecule has 0 N–H and O–H groups in total. The minimum atomic E-state index is -1.14. The summed E-state index contributed by atoms with van der Waals surface area (Å²) in [6.45, 7) is 6.68. The van der Waals surface area contributed by atoms with Crippen molar-refractivity contribution in [3.8, 4) is 0 Å². The SMILES string of the molecule is CC(C)(C)OC(=O)N1CCC[C@H]([S@@](=O)c2nccs2)C1. The second kappa shape index (κ2) is 6.22. The molecule has 0 aromatic carbocycles. The summed E-state index contributed by atoms with van der Waals surface area (Å²) in [6.07, 6.45) is 3.04. The van der Waals surface area contributed by atoms with E-state index in [4.69, 9.17) is 4.74 Å². The third-order valence-electron chi connectivity index (χ3n) is 2.91. The minimum Gasteiger partial charge on any atom is -0.444 e. The predicted molar refractivity (Wildman–Crippen MR) is 79.4 cm³/mol. The first-order valence-corrected chi connectivity index (χ1v) is 8.74. The summed E-state index contributed by atoms with van der Waals surface area (Å²) in [7, 11) is -1.14. The molecule has 1 fully saturated rings. The first-order valence-electron chi connectivity index (χ1n) is 6.65. The third-order valence-corrected chi connectivity index (χ3v) is 5.70. The Bertz CT molecular complexity index is 482. The molecule has 1 saturated heterocycles. The standard InChI is InChI=1S/C13H20N2O3S2/c1-13(2,3)18-12(16)15-7-4-5-10(9-15)20(17)11-14-6-8-19-11/h6,8,10H,4-5,7,9H2,1-3H3/t10-,20+/m0/s1. The Labute approximate surface area is 125 Å². The van der Waals surface area contributed by atoms with Crippen LogP contribution in [0.5, 0.6) is 0 Å². The van der Waals surface area contributed by atoms with E-state index in [1.54, 1.807) is 11.1 Å². The lowest BCUT2D eigenvalue weighted by atomic mass is 10.1. The Morgan fingerprint density at radius 2 is 2.30 bits per heavy atom. The summed E-state index contributed by atoms with van der Waals surface area (Å²) in [5.74, 6) is 0. The second-order valence-electron chi connectivity index (χ2n) is 5.79. The van der Waals surface area contributed by atoms with Crippen LogP contribution < -0.4 is 0 Å². The van der Waals surface area contributed by atoms with E-state index in [-0.39, 0.29) is 11.3 Å². The topological polar surface area (TPSA) is 59.5 Å². The van der Waals surface area contributed by atoms with Gasteiger partial charge in [0.2, 0.25) is 0 Å². The van der Waals surface area contributed by atoms with E-state index >= 15 is 0 Å². The zero-order valence-corrected chi connectivity index (χ0v) is 13.6. The molecule has 0 radical (unpaired) electrons. The molecule has 2 rings (SSSR count). The highest BCUT2D eigenvalue weighted by molar-refractivity contribution is 7.87. The molecule has 20 heavy (non-hydrogen) atoms. The average molecular weight is 316 g/mol. The summed E-state index contributed by atoms with van der Waals surface area (Å²) < 4.78 is 18.4. The van der Waals surface area contributed by atoms with Gasteiger partial charge in [0, 0.05) is 24.7 Å². The van der Waals surface area contributed by atoms with E-state index in [1.165, 1.54) is 11.3 Å². The van der Waals surface area contributed by atoms with E-state index in [2.05, 4.69) is 4.98 Å². The van der Waals surface area contributed by atoms with Crippen molar-refractivity contribution in [2.24, 2.45) is 0 Å². The van der Waals surface area contributed by atoms with Crippen molar-refractivity contribution in [3.63, 3.8) is 0 Å². The van der Waals surface area contributed by atoms with Gasteiger partial charge in [0.15, 0.2) is 4.34 Å². The smallest absolute Gasteiger partial charge is 0.410 e. The summed E-state index contributed by atoms with van der Waals surface area (Å²) in [6, 6.07) is 0. The second-order valence-corrected chi connectivity index (χ2v) is 8.59. The number of hydrogen-bond donors (Lipinski definition) is 0. The van der Waals surface area contributed by atoms with Crippen LogP contribution >= 0.6 is 11.3 Å². The van der Waals surface area contributed by atoms with Crippen LogP contribution in [0.4, 0.5) is 4.79 Å². The number of ether oxygens (including phenoxy) is 1. The molecule has 0 spiro atoms. The molecular weight excluding hydrogens is 296 g/mol. The Hall–Kier alpha value is -0.950. The fourth-order valence-corrected chi connectivity index (χ4v) is 4.52. The molecule has 1 aliphatic rings. The molecule has 2 heterocycles. The maximum atomic E-state index is 12.4. The van der Waals surface area contributed by atoms with E-state index < -0.39 is 16.4 Å². The van der Waals surface area contributed by atoms with Crippen molar-refractivity contribution in [1.82, 2.24) is 9.88 Å². The number of amides is 1. The van der Waals surface area contributed by atoms with Gasteiger partial charge in [-0.3, -0.25) is 4.21 Å². The summed E-state index contributed by atoms with van der Waals surface area (Å²) in [5.41, 5.74) is -0.502. The number of aromatic nitrogens is 1. The van der Waals surface area contributed by atoms with Crippen LogP contribution in [0.25, 0.3) is 0 Å². The summed E-state index contributed by atoms with van der Waals surface area (Å²) >= 11 is 1.40. The molecule has 0 bridgehead atoms. The van der Waals surface area contributed by atoms with Gasteiger partial charge in [-0.05, 0) is 33.6 Å². The normalized spacial score (nSPS) is 21.6. The third kappa shape index (κ3) is 4.02.